The van der Waals surface area contributed by atoms with Crippen LogP contribution in [0.25, 0.3) is 0 Å². The number of carbonyl (C=O) groups excluding carboxylic acids is 1. The van der Waals surface area contributed by atoms with Crippen LogP contribution in [0.5, 0.6) is 0 Å². The second kappa shape index (κ2) is 6.97. The highest BCUT2D eigenvalue weighted by Gasteiger charge is 2.21. The highest BCUT2D eigenvalue weighted by Crippen LogP contribution is 2.21. The lowest BCUT2D eigenvalue weighted by atomic mass is 10.1. The number of hydrogen-bond donors (Lipinski definition) is 1. The largest absolute Gasteiger partial charge is 0.340 e. The number of amides is 1. The van der Waals surface area contributed by atoms with Crippen molar-refractivity contribution in [1.82, 2.24) is 19.8 Å². The van der Waals surface area contributed by atoms with E-state index in [4.69, 9.17) is 0 Å². The second-order valence-corrected chi connectivity index (χ2v) is 6.33. The second-order valence-electron chi connectivity index (χ2n) is 6.33. The van der Waals surface area contributed by atoms with Crippen LogP contribution in [0.15, 0.2) is 30.6 Å². The molecule has 1 aliphatic heterocycles. The Morgan fingerprint density at radius 3 is 2.58 bits per heavy atom. The molecule has 126 valence electrons. The van der Waals surface area contributed by atoms with Gasteiger partial charge in [0.15, 0.2) is 0 Å². The molecular formula is C18H23N5O. The molecule has 1 fully saturated rings. The number of rotatable bonds is 3. The van der Waals surface area contributed by atoms with Gasteiger partial charge in [-0.05, 0) is 38.1 Å². The fraction of sp³-hybridized carbons (Fsp3) is 0.389. The van der Waals surface area contributed by atoms with Gasteiger partial charge in [-0.1, -0.05) is 12.1 Å². The van der Waals surface area contributed by atoms with Gasteiger partial charge < -0.3 is 15.1 Å². The van der Waals surface area contributed by atoms with Gasteiger partial charge in [0.25, 0.3) is 5.91 Å². The lowest BCUT2D eigenvalue weighted by Gasteiger charge is -2.32. The standard InChI is InChI=1S/C18H23N5O/c1-13-4-5-14(2)15(10-13)21-17-11-16(19-12-20-17)18(24)23-8-6-22(3)7-9-23/h4-5,10-12H,6-9H2,1-3H3,(H,19,20,21). The Morgan fingerprint density at radius 1 is 1.08 bits per heavy atom. The zero-order chi connectivity index (χ0) is 17.1. The molecule has 0 bridgehead atoms. The van der Waals surface area contributed by atoms with Crippen LogP contribution < -0.4 is 5.32 Å². The average Bonchev–Trinajstić information content (AvgIpc) is 2.58. The van der Waals surface area contributed by atoms with Crippen molar-refractivity contribution in [3.05, 3.63) is 47.4 Å². The molecule has 1 aromatic heterocycles. The van der Waals surface area contributed by atoms with Gasteiger partial charge in [-0.3, -0.25) is 4.79 Å². The van der Waals surface area contributed by atoms with Crippen LogP contribution in [0.3, 0.4) is 0 Å². The lowest BCUT2D eigenvalue weighted by Crippen LogP contribution is -2.47. The summed E-state index contributed by atoms with van der Waals surface area (Å²) in [6.45, 7) is 7.35. The first-order chi connectivity index (χ1) is 11.5. The maximum absolute atomic E-state index is 12.6. The zero-order valence-electron chi connectivity index (χ0n) is 14.4. The van der Waals surface area contributed by atoms with Gasteiger partial charge in [-0.25, -0.2) is 9.97 Å². The molecule has 6 nitrogen and oxygen atoms in total. The molecule has 2 heterocycles. The molecule has 2 aromatic rings. The van der Waals surface area contributed by atoms with E-state index in [9.17, 15) is 4.79 Å². The molecule has 1 N–H and O–H groups in total. The number of anilines is 2. The number of nitrogens with zero attached hydrogens (tertiary/aromatic N) is 4. The minimum Gasteiger partial charge on any atom is -0.340 e. The van der Waals surface area contributed by atoms with Crippen LogP contribution in [0.1, 0.15) is 21.6 Å². The van der Waals surface area contributed by atoms with Gasteiger partial charge >= 0.3 is 0 Å². The Labute approximate surface area is 142 Å². The molecule has 0 spiro atoms. The van der Waals surface area contributed by atoms with Crippen LogP contribution in [0, 0.1) is 13.8 Å². The third-order valence-electron chi connectivity index (χ3n) is 4.33. The summed E-state index contributed by atoms with van der Waals surface area (Å²) in [4.78, 5) is 25.1. The highest BCUT2D eigenvalue weighted by atomic mass is 16.2. The molecule has 24 heavy (non-hydrogen) atoms. The number of benzene rings is 1. The number of hydrogen-bond acceptors (Lipinski definition) is 5. The van der Waals surface area contributed by atoms with Crippen molar-refractivity contribution < 1.29 is 4.79 Å². The number of aromatic nitrogens is 2. The number of likely N-dealkylation sites (N-methyl/N-ethyl adjacent to an activating group) is 1. The van der Waals surface area contributed by atoms with Crippen molar-refractivity contribution in [1.29, 1.82) is 0 Å². The lowest BCUT2D eigenvalue weighted by molar-refractivity contribution is 0.0658. The van der Waals surface area contributed by atoms with Gasteiger partial charge in [0, 0.05) is 37.9 Å². The fourth-order valence-electron chi connectivity index (χ4n) is 2.72. The van der Waals surface area contributed by atoms with Crippen LogP contribution in [-0.2, 0) is 0 Å². The maximum atomic E-state index is 12.6. The third kappa shape index (κ3) is 3.71. The van der Waals surface area contributed by atoms with E-state index in [1.165, 1.54) is 11.9 Å². The van der Waals surface area contributed by atoms with Crippen molar-refractivity contribution in [3.63, 3.8) is 0 Å². The summed E-state index contributed by atoms with van der Waals surface area (Å²) in [5, 5.41) is 3.29. The molecule has 1 saturated heterocycles. The molecule has 6 heteroatoms. The van der Waals surface area contributed by atoms with Crippen molar-refractivity contribution in [3.8, 4) is 0 Å². The molecule has 1 aliphatic rings. The van der Waals surface area contributed by atoms with E-state index >= 15 is 0 Å². The minimum atomic E-state index is -0.0329. The van der Waals surface area contributed by atoms with Crippen LogP contribution in [0.4, 0.5) is 11.5 Å². The molecule has 0 unspecified atom stereocenters. The van der Waals surface area contributed by atoms with Crippen molar-refractivity contribution >= 4 is 17.4 Å². The van der Waals surface area contributed by atoms with Crippen molar-refractivity contribution in [2.75, 3.05) is 38.5 Å². The number of aryl methyl sites for hydroxylation is 2. The summed E-state index contributed by atoms with van der Waals surface area (Å²) < 4.78 is 0. The van der Waals surface area contributed by atoms with Gasteiger partial charge in [-0.2, -0.15) is 0 Å². The first-order valence-electron chi connectivity index (χ1n) is 8.17. The Balaban J connectivity index is 1.76. The van der Waals surface area contributed by atoms with Gasteiger partial charge in [0.05, 0.1) is 0 Å². The number of piperazine rings is 1. The average molecular weight is 325 g/mol. The van der Waals surface area contributed by atoms with Crippen molar-refractivity contribution in [2.24, 2.45) is 0 Å². The van der Waals surface area contributed by atoms with Crippen LogP contribution in [-0.4, -0.2) is 58.9 Å². The summed E-state index contributed by atoms with van der Waals surface area (Å²) in [6, 6.07) is 7.93. The number of nitrogens with one attached hydrogen (secondary N) is 1. The first-order valence-corrected chi connectivity index (χ1v) is 8.17. The van der Waals surface area contributed by atoms with Gasteiger partial charge in [0.1, 0.15) is 17.8 Å². The van der Waals surface area contributed by atoms with Crippen LogP contribution >= 0.6 is 0 Å². The zero-order valence-corrected chi connectivity index (χ0v) is 14.4. The quantitative estimate of drug-likeness (QED) is 0.937. The van der Waals surface area contributed by atoms with E-state index in [2.05, 4.69) is 45.4 Å². The van der Waals surface area contributed by atoms with Gasteiger partial charge in [-0.15, -0.1) is 0 Å². The highest BCUT2D eigenvalue weighted by molar-refractivity contribution is 5.93. The molecular weight excluding hydrogens is 302 g/mol. The molecule has 3 rings (SSSR count). The predicted molar refractivity (Wildman–Crippen MR) is 94.6 cm³/mol. The Kier molecular flexibility index (Phi) is 4.76. The first kappa shape index (κ1) is 16.4. The molecule has 0 aliphatic carbocycles. The summed E-state index contributed by atoms with van der Waals surface area (Å²) >= 11 is 0. The van der Waals surface area contributed by atoms with E-state index in [1.54, 1.807) is 6.07 Å². The fourth-order valence-corrected chi connectivity index (χ4v) is 2.72. The molecule has 0 atom stereocenters. The Morgan fingerprint density at radius 2 is 1.83 bits per heavy atom. The van der Waals surface area contributed by atoms with Gasteiger partial charge in [0.2, 0.25) is 0 Å². The predicted octanol–water partition coefficient (Wildman–Crippen LogP) is 2.22. The molecule has 0 radical (unpaired) electrons. The normalized spacial score (nSPS) is 15.4. The Bertz CT molecular complexity index is 738. The Hall–Kier alpha value is -2.47. The topological polar surface area (TPSA) is 61.4 Å². The monoisotopic (exact) mass is 325 g/mol. The molecule has 1 aromatic carbocycles. The van der Waals surface area contributed by atoms with E-state index in [0.717, 1.165) is 37.4 Å². The number of carbonyl (C=O) groups is 1. The van der Waals surface area contributed by atoms with Crippen LogP contribution in [0.2, 0.25) is 0 Å². The maximum Gasteiger partial charge on any atom is 0.272 e. The SMILES string of the molecule is Cc1ccc(C)c(Nc2cc(C(=O)N3CCN(C)CC3)ncn2)c1. The van der Waals surface area contributed by atoms with E-state index in [-0.39, 0.29) is 5.91 Å². The van der Waals surface area contributed by atoms with E-state index < -0.39 is 0 Å². The van der Waals surface area contributed by atoms with E-state index in [0.29, 0.717) is 11.5 Å². The summed E-state index contributed by atoms with van der Waals surface area (Å²) in [7, 11) is 2.07. The van der Waals surface area contributed by atoms with E-state index in [1.807, 2.05) is 18.7 Å². The molecule has 1 amide bonds. The third-order valence-corrected chi connectivity index (χ3v) is 4.33. The summed E-state index contributed by atoms with van der Waals surface area (Å²) in [5.41, 5.74) is 3.73. The molecule has 0 saturated carbocycles. The van der Waals surface area contributed by atoms with Crippen molar-refractivity contribution in [2.45, 2.75) is 13.8 Å². The summed E-state index contributed by atoms with van der Waals surface area (Å²) in [5.74, 6) is 0.602. The smallest absolute Gasteiger partial charge is 0.272 e. The minimum absolute atomic E-state index is 0.0329. The summed E-state index contributed by atoms with van der Waals surface area (Å²) in [6.07, 6.45) is 1.44.